The second kappa shape index (κ2) is 18.7. The quantitative estimate of drug-likeness (QED) is 0.0231. The molecule has 58 heavy (non-hydrogen) atoms. The van der Waals surface area contributed by atoms with Gasteiger partial charge in [-0.1, -0.05) is 91.0 Å². The van der Waals surface area contributed by atoms with Gasteiger partial charge in [-0.2, -0.15) is 0 Å². The third-order valence-electron chi connectivity index (χ3n) is 8.69. The molecule has 2 unspecified atom stereocenters. The molecule has 5 rings (SSSR count). The summed E-state index contributed by atoms with van der Waals surface area (Å²) in [5.74, 6) is -1.55. The minimum absolute atomic E-state index is 0.0613. The normalized spacial score (nSPS) is 13.9. The summed E-state index contributed by atoms with van der Waals surface area (Å²) in [5, 5.41) is 0. The van der Waals surface area contributed by atoms with Crippen LogP contribution in [-0.4, -0.2) is 87.4 Å². The van der Waals surface area contributed by atoms with Crippen LogP contribution in [0.15, 0.2) is 97.3 Å². The Kier molecular flexibility index (Phi) is 14.2. The Labute approximate surface area is 338 Å². The van der Waals surface area contributed by atoms with E-state index in [0.29, 0.717) is 22.8 Å². The minimum Gasteiger partial charge on any atom is -0.458 e. The van der Waals surface area contributed by atoms with E-state index in [-0.39, 0.29) is 19.6 Å². The number of hydrogen-bond acceptors (Lipinski definition) is 13. The van der Waals surface area contributed by atoms with E-state index in [1.807, 2.05) is 95.6 Å². The van der Waals surface area contributed by atoms with Crippen molar-refractivity contribution in [2.24, 2.45) is 0 Å². The first-order valence-corrected chi connectivity index (χ1v) is 20.5. The van der Waals surface area contributed by atoms with Crippen molar-refractivity contribution in [3.05, 3.63) is 120 Å². The molecule has 0 aliphatic carbocycles. The van der Waals surface area contributed by atoms with Gasteiger partial charge in [0.25, 0.3) is 6.10 Å². The van der Waals surface area contributed by atoms with Crippen molar-refractivity contribution in [3.8, 4) is 0 Å². The first-order chi connectivity index (χ1) is 27.5. The number of methoxy groups -OCH3 is 1. The van der Waals surface area contributed by atoms with Crippen molar-refractivity contribution < 1.29 is 47.4 Å². The van der Waals surface area contributed by atoms with Gasteiger partial charge in [0.1, 0.15) is 23.0 Å². The van der Waals surface area contributed by atoms with E-state index in [1.54, 1.807) is 55.0 Å². The highest BCUT2D eigenvalue weighted by Crippen LogP contribution is 2.46. The van der Waals surface area contributed by atoms with Crippen molar-refractivity contribution in [1.82, 2.24) is 19.5 Å². The van der Waals surface area contributed by atoms with Crippen molar-refractivity contribution in [3.63, 3.8) is 0 Å². The van der Waals surface area contributed by atoms with Crippen LogP contribution in [0.4, 0.5) is 5.82 Å². The maximum absolute atomic E-state index is 13.2. The monoisotopic (exact) mass is 817 g/mol. The van der Waals surface area contributed by atoms with Crippen molar-refractivity contribution in [1.29, 1.82) is 0 Å². The SMILES string of the molecule is COCC(CCOCP(=O)(O)OC(C(=O)OC(C)(C)C)C(=O)OC(C)(C)C)n1cnc2c(NOC)nc(C(c3ccccc3)(c3ccccc3)c3ccccc3)nc21. The molecule has 2 N–H and O–H groups in total. The molecular weight excluding hydrogens is 765 g/mol. The number of esters is 2. The van der Waals surface area contributed by atoms with Gasteiger partial charge in [0.05, 0.1) is 26.1 Å². The lowest BCUT2D eigenvalue weighted by atomic mass is 9.68. The molecule has 15 nitrogen and oxygen atoms in total. The number of rotatable bonds is 18. The van der Waals surface area contributed by atoms with Crippen LogP contribution in [0.25, 0.3) is 11.2 Å². The van der Waals surface area contributed by atoms with Crippen molar-refractivity contribution in [2.45, 2.75) is 76.7 Å². The largest absolute Gasteiger partial charge is 0.458 e. The molecule has 0 spiro atoms. The standard InChI is InChI=1S/C42H52N5O10P/c1-40(2,3)55-37(48)34(38(49)56-41(4,5)6)57-58(50,51)28-54-25-24-32(26-52-7)47-27-43-33-35(46-53-8)44-39(45-36(33)47)42(29-18-12-9-13-19-29,30-20-14-10-15-21-30)31-22-16-11-17-23-31/h9-23,27,32,34H,24-26,28H2,1-8H3,(H,50,51)(H,44,45,46). The van der Waals surface area contributed by atoms with Gasteiger partial charge < -0.3 is 28.4 Å². The Morgan fingerprint density at radius 2 is 1.29 bits per heavy atom. The first-order valence-electron chi connectivity index (χ1n) is 18.7. The average Bonchev–Trinajstić information content (AvgIpc) is 3.60. The number of aromatic nitrogens is 4. The molecule has 310 valence electrons. The first kappa shape index (κ1) is 44.1. The fourth-order valence-corrected chi connectivity index (χ4v) is 7.38. The second-order valence-corrected chi connectivity index (χ2v) is 17.2. The molecule has 2 atom stereocenters. The molecule has 3 aromatic carbocycles. The average molecular weight is 818 g/mol. The summed E-state index contributed by atoms with van der Waals surface area (Å²) in [5.41, 5.74) is 3.58. The van der Waals surface area contributed by atoms with Gasteiger partial charge in [-0.25, -0.2) is 30.0 Å². The number of fused-ring (bicyclic) bond motifs is 1. The van der Waals surface area contributed by atoms with Gasteiger partial charge in [-0.05, 0) is 64.7 Å². The molecule has 0 saturated carbocycles. The number of nitrogens with zero attached hydrogens (tertiary/aromatic N) is 4. The Morgan fingerprint density at radius 1 is 0.793 bits per heavy atom. The molecule has 0 saturated heterocycles. The van der Waals surface area contributed by atoms with Crippen molar-refractivity contribution >= 4 is 36.5 Å². The predicted octanol–water partition coefficient (Wildman–Crippen LogP) is 6.99. The minimum atomic E-state index is -4.71. The summed E-state index contributed by atoms with van der Waals surface area (Å²) in [6, 6.07) is 29.6. The van der Waals surface area contributed by atoms with Gasteiger partial charge in [-0.3, -0.25) is 13.9 Å². The zero-order chi connectivity index (χ0) is 42.1. The Balaban J connectivity index is 1.48. The smallest absolute Gasteiger partial charge is 0.354 e. The molecular formula is C42H52N5O10P. The highest BCUT2D eigenvalue weighted by Gasteiger charge is 2.43. The summed E-state index contributed by atoms with van der Waals surface area (Å²) in [7, 11) is -1.66. The van der Waals surface area contributed by atoms with Gasteiger partial charge in [-0.15, -0.1) is 0 Å². The molecule has 2 heterocycles. The van der Waals surface area contributed by atoms with E-state index < -0.39 is 54.6 Å². The van der Waals surface area contributed by atoms with Crippen LogP contribution in [0.1, 0.15) is 76.5 Å². The molecule has 0 bridgehead atoms. The lowest BCUT2D eigenvalue weighted by Gasteiger charge is -2.34. The number of anilines is 1. The number of imidazole rings is 1. The van der Waals surface area contributed by atoms with E-state index in [1.165, 1.54) is 7.11 Å². The zero-order valence-corrected chi connectivity index (χ0v) is 35.0. The van der Waals surface area contributed by atoms with E-state index >= 15 is 0 Å². The van der Waals surface area contributed by atoms with E-state index in [2.05, 4.69) is 10.5 Å². The number of ether oxygens (including phenoxy) is 4. The summed E-state index contributed by atoms with van der Waals surface area (Å²) in [6.45, 7) is 9.67. The summed E-state index contributed by atoms with van der Waals surface area (Å²) in [4.78, 5) is 57.0. The van der Waals surface area contributed by atoms with Crippen LogP contribution in [0, 0.1) is 0 Å². The summed E-state index contributed by atoms with van der Waals surface area (Å²) in [6.07, 6.45) is -1.07. The fourth-order valence-electron chi connectivity index (χ4n) is 6.45. The van der Waals surface area contributed by atoms with Crippen LogP contribution in [0.5, 0.6) is 0 Å². The lowest BCUT2D eigenvalue weighted by molar-refractivity contribution is -0.179. The number of carbonyl (C=O) groups is 2. The maximum Gasteiger partial charge on any atom is 0.354 e. The third-order valence-corrected chi connectivity index (χ3v) is 9.74. The Morgan fingerprint density at radius 3 is 1.74 bits per heavy atom. The van der Waals surface area contributed by atoms with Gasteiger partial charge in [0.2, 0.25) is 0 Å². The van der Waals surface area contributed by atoms with E-state index in [9.17, 15) is 19.0 Å². The third kappa shape index (κ3) is 10.7. The molecule has 5 aromatic rings. The van der Waals surface area contributed by atoms with Gasteiger partial charge in [0.15, 0.2) is 22.8 Å². The second-order valence-electron chi connectivity index (χ2n) is 15.5. The molecule has 0 fully saturated rings. The summed E-state index contributed by atoms with van der Waals surface area (Å²) < 4.78 is 42.1. The predicted molar refractivity (Wildman–Crippen MR) is 217 cm³/mol. The summed E-state index contributed by atoms with van der Waals surface area (Å²) >= 11 is 0. The highest BCUT2D eigenvalue weighted by molar-refractivity contribution is 7.52. The Hall–Kier alpha value is -5.02. The lowest BCUT2D eigenvalue weighted by Crippen LogP contribution is -2.42. The number of nitrogens with one attached hydrogen (secondary N) is 1. The number of benzene rings is 3. The van der Waals surface area contributed by atoms with Gasteiger partial charge in [0, 0.05) is 13.7 Å². The maximum atomic E-state index is 13.2. The Bertz CT molecular complexity index is 2050. The molecule has 16 heteroatoms. The molecule has 0 amide bonds. The molecule has 0 radical (unpaired) electrons. The number of hydrogen-bond donors (Lipinski definition) is 2. The highest BCUT2D eigenvalue weighted by atomic mass is 31.2. The molecule has 0 aliphatic rings. The van der Waals surface area contributed by atoms with Crippen LogP contribution in [-0.2, 0) is 47.9 Å². The van der Waals surface area contributed by atoms with E-state index in [4.69, 9.17) is 38.3 Å². The van der Waals surface area contributed by atoms with Crippen LogP contribution in [0.3, 0.4) is 0 Å². The fraction of sp³-hybridized carbons (Fsp3) is 0.405. The van der Waals surface area contributed by atoms with Crippen LogP contribution in [0.2, 0.25) is 0 Å². The van der Waals surface area contributed by atoms with E-state index in [0.717, 1.165) is 16.7 Å². The van der Waals surface area contributed by atoms with Gasteiger partial charge >= 0.3 is 19.5 Å². The molecule has 0 aliphatic heterocycles. The topological polar surface area (TPSA) is 182 Å². The number of carbonyl (C=O) groups excluding carboxylic acids is 2. The van der Waals surface area contributed by atoms with Crippen molar-refractivity contribution in [2.75, 3.05) is 39.3 Å². The zero-order valence-electron chi connectivity index (χ0n) is 34.1. The molecule has 2 aromatic heterocycles. The van der Waals surface area contributed by atoms with Crippen LogP contribution >= 0.6 is 7.60 Å². The van der Waals surface area contributed by atoms with Crippen LogP contribution < -0.4 is 5.48 Å².